The summed E-state index contributed by atoms with van der Waals surface area (Å²) in [4.78, 5) is 11.4. The Bertz CT molecular complexity index is 417. The maximum absolute atomic E-state index is 11.4. The number of hydrogen-bond donors (Lipinski definition) is 1. The molecule has 0 amide bonds. The number of aryl methyl sites for hydroxylation is 2. The lowest BCUT2D eigenvalue weighted by Crippen LogP contribution is -2.42. The van der Waals surface area contributed by atoms with Gasteiger partial charge in [0.05, 0.1) is 5.41 Å². The summed E-state index contributed by atoms with van der Waals surface area (Å²) in [5, 5.41) is 9.37. The van der Waals surface area contributed by atoms with Crippen molar-refractivity contribution in [3.63, 3.8) is 0 Å². The second kappa shape index (κ2) is 3.93. The van der Waals surface area contributed by atoms with E-state index in [0.29, 0.717) is 0 Å². The Morgan fingerprint density at radius 1 is 1.44 bits per heavy atom. The Morgan fingerprint density at radius 3 is 2.56 bits per heavy atom. The summed E-state index contributed by atoms with van der Waals surface area (Å²) in [7, 11) is 0. The summed E-state index contributed by atoms with van der Waals surface area (Å²) in [5.41, 5.74) is 2.93. The predicted molar refractivity (Wildman–Crippen MR) is 63.7 cm³/mol. The molecule has 1 aliphatic rings. The zero-order valence-corrected chi connectivity index (χ0v) is 9.92. The fourth-order valence-corrected chi connectivity index (χ4v) is 2.51. The second-order valence-electron chi connectivity index (χ2n) is 4.74. The number of carbonyl (C=O) groups is 1. The largest absolute Gasteiger partial charge is 0.481 e. The predicted octanol–water partition coefficient (Wildman–Crippen LogP) is 3.06. The molecule has 0 saturated heterocycles. The van der Waals surface area contributed by atoms with Crippen molar-refractivity contribution >= 4 is 5.97 Å². The van der Waals surface area contributed by atoms with Gasteiger partial charge in [0.15, 0.2) is 0 Å². The quantitative estimate of drug-likeness (QED) is 0.846. The van der Waals surface area contributed by atoms with Crippen molar-refractivity contribution < 1.29 is 9.90 Å². The van der Waals surface area contributed by atoms with Gasteiger partial charge in [-0.3, -0.25) is 4.79 Å². The maximum atomic E-state index is 11.4. The van der Waals surface area contributed by atoms with Gasteiger partial charge in [-0.15, -0.1) is 0 Å². The van der Waals surface area contributed by atoms with Gasteiger partial charge in [-0.25, -0.2) is 0 Å². The topological polar surface area (TPSA) is 37.3 Å². The van der Waals surface area contributed by atoms with Crippen LogP contribution in [0.2, 0.25) is 0 Å². The van der Waals surface area contributed by atoms with Crippen LogP contribution in [0, 0.1) is 6.92 Å². The van der Waals surface area contributed by atoms with Crippen molar-refractivity contribution in [1.29, 1.82) is 0 Å². The van der Waals surface area contributed by atoms with Crippen molar-refractivity contribution in [2.24, 2.45) is 0 Å². The highest BCUT2D eigenvalue weighted by molar-refractivity contribution is 5.82. The van der Waals surface area contributed by atoms with E-state index in [4.69, 9.17) is 0 Å². The summed E-state index contributed by atoms with van der Waals surface area (Å²) in [6, 6.07) is 6.13. The van der Waals surface area contributed by atoms with E-state index >= 15 is 0 Å². The van der Waals surface area contributed by atoms with Crippen molar-refractivity contribution in [3.8, 4) is 0 Å². The standard InChI is InChI=1S/C14H18O2/c1-3-11-9-12(6-5-10(11)2)14(13(15)16)7-4-8-14/h5-6,9H,3-4,7-8H2,1-2H3,(H,15,16). The molecule has 1 aliphatic carbocycles. The van der Waals surface area contributed by atoms with E-state index in [2.05, 4.69) is 26.0 Å². The van der Waals surface area contributed by atoms with Gasteiger partial charge in [0.2, 0.25) is 0 Å². The van der Waals surface area contributed by atoms with E-state index in [9.17, 15) is 9.90 Å². The summed E-state index contributed by atoms with van der Waals surface area (Å²) in [6.45, 7) is 4.19. The Kier molecular flexibility index (Phi) is 2.75. The van der Waals surface area contributed by atoms with Crippen molar-refractivity contribution in [3.05, 3.63) is 34.9 Å². The molecule has 1 N–H and O–H groups in total. The molecule has 1 aromatic carbocycles. The van der Waals surface area contributed by atoms with Crippen LogP contribution < -0.4 is 0 Å². The monoisotopic (exact) mass is 218 g/mol. The van der Waals surface area contributed by atoms with E-state index < -0.39 is 11.4 Å². The van der Waals surface area contributed by atoms with Gasteiger partial charge in [-0.2, -0.15) is 0 Å². The van der Waals surface area contributed by atoms with Crippen molar-refractivity contribution in [2.75, 3.05) is 0 Å². The molecule has 0 unspecified atom stereocenters. The average molecular weight is 218 g/mol. The van der Waals surface area contributed by atoms with Crippen LogP contribution in [-0.4, -0.2) is 11.1 Å². The smallest absolute Gasteiger partial charge is 0.314 e. The van der Waals surface area contributed by atoms with E-state index in [1.165, 1.54) is 11.1 Å². The van der Waals surface area contributed by atoms with Gasteiger partial charge in [0.1, 0.15) is 0 Å². The lowest BCUT2D eigenvalue weighted by atomic mass is 9.64. The van der Waals surface area contributed by atoms with Crippen LogP contribution in [0.4, 0.5) is 0 Å². The van der Waals surface area contributed by atoms with Gasteiger partial charge in [0, 0.05) is 0 Å². The summed E-state index contributed by atoms with van der Waals surface area (Å²) < 4.78 is 0. The van der Waals surface area contributed by atoms with Crippen LogP contribution >= 0.6 is 0 Å². The molecular weight excluding hydrogens is 200 g/mol. The molecule has 0 radical (unpaired) electrons. The normalized spacial score (nSPS) is 17.9. The molecule has 1 aromatic rings. The number of hydrogen-bond acceptors (Lipinski definition) is 1. The minimum atomic E-state index is -0.662. The van der Waals surface area contributed by atoms with Crippen LogP contribution in [0.1, 0.15) is 42.9 Å². The van der Waals surface area contributed by atoms with Crippen molar-refractivity contribution in [1.82, 2.24) is 0 Å². The van der Waals surface area contributed by atoms with Crippen LogP contribution in [0.15, 0.2) is 18.2 Å². The van der Waals surface area contributed by atoms with Gasteiger partial charge < -0.3 is 5.11 Å². The van der Waals surface area contributed by atoms with Crippen LogP contribution in [-0.2, 0) is 16.6 Å². The highest BCUT2D eigenvalue weighted by Crippen LogP contribution is 2.44. The Hall–Kier alpha value is -1.31. The first-order chi connectivity index (χ1) is 7.60. The minimum Gasteiger partial charge on any atom is -0.481 e. The zero-order chi connectivity index (χ0) is 11.8. The van der Waals surface area contributed by atoms with E-state index in [1.54, 1.807) is 0 Å². The van der Waals surface area contributed by atoms with E-state index in [0.717, 1.165) is 31.2 Å². The summed E-state index contributed by atoms with van der Waals surface area (Å²) >= 11 is 0. The lowest BCUT2D eigenvalue weighted by Gasteiger charge is -2.38. The van der Waals surface area contributed by atoms with Crippen LogP contribution in [0.3, 0.4) is 0 Å². The lowest BCUT2D eigenvalue weighted by molar-refractivity contribution is -0.147. The number of rotatable bonds is 3. The minimum absolute atomic E-state index is 0.586. The Morgan fingerprint density at radius 2 is 2.12 bits per heavy atom. The number of benzene rings is 1. The molecular formula is C14H18O2. The summed E-state index contributed by atoms with van der Waals surface area (Å²) in [6.07, 6.45) is 3.57. The molecule has 2 rings (SSSR count). The second-order valence-corrected chi connectivity index (χ2v) is 4.74. The highest BCUT2D eigenvalue weighted by Gasteiger charge is 2.45. The molecule has 2 heteroatoms. The van der Waals surface area contributed by atoms with Gasteiger partial charge in [-0.05, 0) is 42.9 Å². The number of carboxylic acid groups (broad SMARTS) is 1. The molecule has 86 valence electrons. The molecule has 2 nitrogen and oxygen atoms in total. The Balaban J connectivity index is 2.43. The van der Waals surface area contributed by atoms with E-state index in [-0.39, 0.29) is 0 Å². The van der Waals surface area contributed by atoms with Gasteiger partial charge in [-0.1, -0.05) is 31.5 Å². The molecule has 0 atom stereocenters. The number of aliphatic carboxylic acids is 1. The van der Waals surface area contributed by atoms with Crippen LogP contribution in [0.5, 0.6) is 0 Å². The molecule has 16 heavy (non-hydrogen) atoms. The summed E-state index contributed by atoms with van der Waals surface area (Å²) in [5.74, 6) is -0.662. The molecule has 0 aromatic heterocycles. The average Bonchev–Trinajstić information content (AvgIpc) is 2.18. The first-order valence-corrected chi connectivity index (χ1v) is 5.93. The molecule has 0 bridgehead atoms. The van der Waals surface area contributed by atoms with Gasteiger partial charge >= 0.3 is 5.97 Å². The fourth-order valence-electron chi connectivity index (χ4n) is 2.51. The molecule has 1 fully saturated rings. The van der Waals surface area contributed by atoms with E-state index in [1.807, 2.05) is 6.07 Å². The third kappa shape index (κ3) is 1.53. The van der Waals surface area contributed by atoms with Crippen LogP contribution in [0.25, 0.3) is 0 Å². The number of carboxylic acids is 1. The molecule has 0 heterocycles. The highest BCUT2D eigenvalue weighted by atomic mass is 16.4. The Labute approximate surface area is 96.3 Å². The first kappa shape index (κ1) is 11.2. The third-order valence-electron chi connectivity index (χ3n) is 3.90. The maximum Gasteiger partial charge on any atom is 0.314 e. The first-order valence-electron chi connectivity index (χ1n) is 5.93. The molecule has 1 saturated carbocycles. The molecule has 0 aliphatic heterocycles. The molecule has 0 spiro atoms. The van der Waals surface area contributed by atoms with Gasteiger partial charge in [0.25, 0.3) is 0 Å². The fraction of sp³-hybridized carbons (Fsp3) is 0.500. The third-order valence-corrected chi connectivity index (χ3v) is 3.90. The zero-order valence-electron chi connectivity index (χ0n) is 9.92. The van der Waals surface area contributed by atoms with Crippen molar-refractivity contribution in [2.45, 2.75) is 44.9 Å². The SMILES string of the molecule is CCc1cc(C2(C(=O)O)CCC2)ccc1C.